The Balaban J connectivity index is 1.48. The summed E-state index contributed by atoms with van der Waals surface area (Å²) in [6.45, 7) is 1.83. The first-order chi connectivity index (χ1) is 12.1. The van der Waals surface area contributed by atoms with Gasteiger partial charge in [-0.15, -0.1) is 0 Å². The van der Waals surface area contributed by atoms with Gasteiger partial charge in [0.05, 0.1) is 11.9 Å². The maximum atomic E-state index is 11.9. The Hall–Kier alpha value is -2.89. The molecular weight excluding hydrogens is 318 g/mol. The molecule has 2 aromatic rings. The summed E-state index contributed by atoms with van der Waals surface area (Å²) in [6, 6.07) is 10.9. The van der Waals surface area contributed by atoms with Gasteiger partial charge in [-0.05, 0) is 43.5 Å². The van der Waals surface area contributed by atoms with E-state index in [1.165, 1.54) is 6.20 Å². The Kier molecular flexibility index (Phi) is 5.28. The van der Waals surface area contributed by atoms with Gasteiger partial charge in [0.1, 0.15) is 11.6 Å². The number of amides is 2. The number of nitrogens with zero attached hydrogens (tertiary/aromatic N) is 1. The van der Waals surface area contributed by atoms with Crippen molar-refractivity contribution in [3.63, 3.8) is 0 Å². The van der Waals surface area contributed by atoms with Gasteiger partial charge in [-0.2, -0.15) is 0 Å². The van der Waals surface area contributed by atoms with E-state index in [0.717, 1.165) is 24.8 Å². The number of pyridine rings is 1. The maximum absolute atomic E-state index is 11.9. The molecule has 1 aliphatic rings. The van der Waals surface area contributed by atoms with Crippen LogP contribution in [0.3, 0.4) is 0 Å². The highest BCUT2D eigenvalue weighted by Crippen LogP contribution is 2.27. The van der Waals surface area contributed by atoms with Crippen molar-refractivity contribution in [1.82, 2.24) is 4.98 Å². The van der Waals surface area contributed by atoms with E-state index in [-0.39, 0.29) is 24.3 Å². The molecular formula is C19H21N3O3. The molecule has 3 rings (SSSR count). The Morgan fingerprint density at radius 2 is 1.96 bits per heavy atom. The van der Waals surface area contributed by atoms with Crippen LogP contribution in [0.4, 0.5) is 11.5 Å². The van der Waals surface area contributed by atoms with Crippen molar-refractivity contribution in [2.45, 2.75) is 26.2 Å². The van der Waals surface area contributed by atoms with Crippen LogP contribution in [-0.2, 0) is 9.59 Å². The molecule has 130 valence electrons. The zero-order valence-electron chi connectivity index (χ0n) is 14.1. The Labute approximate surface area is 146 Å². The molecule has 6 nitrogen and oxygen atoms in total. The maximum Gasteiger partial charge on any atom is 0.263 e. The first-order valence-electron chi connectivity index (χ1n) is 8.37. The van der Waals surface area contributed by atoms with Crippen LogP contribution in [0.2, 0.25) is 0 Å². The van der Waals surface area contributed by atoms with Crippen LogP contribution in [-0.4, -0.2) is 23.4 Å². The van der Waals surface area contributed by atoms with Crippen molar-refractivity contribution in [2.75, 3.05) is 17.2 Å². The van der Waals surface area contributed by atoms with Gasteiger partial charge in [-0.25, -0.2) is 4.98 Å². The summed E-state index contributed by atoms with van der Waals surface area (Å²) in [5.74, 6) is 0.969. The monoisotopic (exact) mass is 339 g/mol. The van der Waals surface area contributed by atoms with Gasteiger partial charge in [-0.1, -0.05) is 24.6 Å². The third-order valence-electron chi connectivity index (χ3n) is 4.23. The summed E-state index contributed by atoms with van der Waals surface area (Å²) in [5.41, 5.74) is 1.60. The average molecular weight is 339 g/mol. The lowest BCUT2D eigenvalue weighted by molar-refractivity contribution is -0.122. The molecule has 0 unspecified atom stereocenters. The summed E-state index contributed by atoms with van der Waals surface area (Å²) in [5, 5.41) is 5.51. The fourth-order valence-corrected chi connectivity index (χ4v) is 2.50. The van der Waals surface area contributed by atoms with Crippen molar-refractivity contribution in [2.24, 2.45) is 5.92 Å². The van der Waals surface area contributed by atoms with Crippen LogP contribution < -0.4 is 15.4 Å². The fourth-order valence-electron chi connectivity index (χ4n) is 2.50. The molecule has 1 heterocycles. The molecule has 6 heteroatoms. The van der Waals surface area contributed by atoms with Gasteiger partial charge in [0.25, 0.3) is 5.91 Å². The number of aromatic nitrogens is 1. The number of nitrogens with one attached hydrogen (secondary N) is 2. The van der Waals surface area contributed by atoms with Crippen LogP contribution in [0.1, 0.15) is 24.8 Å². The van der Waals surface area contributed by atoms with E-state index in [1.54, 1.807) is 12.1 Å². The highest BCUT2D eigenvalue weighted by atomic mass is 16.5. The van der Waals surface area contributed by atoms with Crippen molar-refractivity contribution >= 4 is 23.3 Å². The SMILES string of the molecule is Cc1ccccc1OCC(=O)Nc1ccc(NC(=O)C2CCC2)cn1. The second-order valence-electron chi connectivity index (χ2n) is 6.15. The van der Waals surface area contributed by atoms with Crippen LogP contribution in [0, 0.1) is 12.8 Å². The number of hydrogen-bond donors (Lipinski definition) is 2. The number of carbonyl (C=O) groups is 2. The number of benzene rings is 1. The van der Waals surface area contributed by atoms with E-state index < -0.39 is 0 Å². The van der Waals surface area contributed by atoms with Gasteiger partial charge in [0, 0.05) is 5.92 Å². The van der Waals surface area contributed by atoms with Crippen molar-refractivity contribution < 1.29 is 14.3 Å². The summed E-state index contributed by atoms with van der Waals surface area (Å²) >= 11 is 0. The summed E-state index contributed by atoms with van der Waals surface area (Å²) < 4.78 is 5.50. The average Bonchev–Trinajstić information content (AvgIpc) is 2.54. The molecule has 1 saturated carbocycles. The molecule has 1 aliphatic carbocycles. The molecule has 1 aromatic heterocycles. The molecule has 0 radical (unpaired) electrons. The minimum atomic E-state index is -0.290. The molecule has 2 N–H and O–H groups in total. The number of carbonyl (C=O) groups excluding carboxylic acids is 2. The summed E-state index contributed by atoms with van der Waals surface area (Å²) in [4.78, 5) is 28.0. The van der Waals surface area contributed by atoms with E-state index >= 15 is 0 Å². The van der Waals surface area contributed by atoms with Crippen molar-refractivity contribution in [1.29, 1.82) is 0 Å². The van der Waals surface area contributed by atoms with Crippen molar-refractivity contribution in [3.05, 3.63) is 48.2 Å². The molecule has 25 heavy (non-hydrogen) atoms. The smallest absolute Gasteiger partial charge is 0.263 e. The molecule has 0 aliphatic heterocycles. The molecule has 0 atom stereocenters. The first-order valence-corrected chi connectivity index (χ1v) is 8.37. The number of hydrogen-bond acceptors (Lipinski definition) is 4. The highest BCUT2D eigenvalue weighted by molar-refractivity contribution is 5.93. The lowest BCUT2D eigenvalue weighted by Crippen LogP contribution is -2.28. The Morgan fingerprint density at radius 3 is 2.60 bits per heavy atom. The summed E-state index contributed by atoms with van der Waals surface area (Å²) in [6.07, 6.45) is 4.56. The van der Waals surface area contributed by atoms with Gasteiger partial charge >= 0.3 is 0 Å². The van der Waals surface area contributed by atoms with Crippen LogP contribution >= 0.6 is 0 Å². The van der Waals surface area contributed by atoms with Gasteiger partial charge in [0.2, 0.25) is 5.91 Å². The second-order valence-corrected chi connectivity index (χ2v) is 6.15. The third-order valence-corrected chi connectivity index (χ3v) is 4.23. The number of para-hydroxylation sites is 1. The van der Waals surface area contributed by atoms with E-state index in [1.807, 2.05) is 31.2 Å². The van der Waals surface area contributed by atoms with E-state index in [4.69, 9.17) is 4.74 Å². The molecule has 1 fully saturated rings. The van der Waals surface area contributed by atoms with Gasteiger partial charge in [-0.3, -0.25) is 9.59 Å². The predicted molar refractivity (Wildman–Crippen MR) is 95.5 cm³/mol. The number of anilines is 2. The topological polar surface area (TPSA) is 80.3 Å². The number of ether oxygens (including phenoxy) is 1. The molecule has 2 amide bonds. The fraction of sp³-hybridized carbons (Fsp3) is 0.316. The largest absolute Gasteiger partial charge is 0.483 e. The zero-order chi connectivity index (χ0) is 17.6. The van der Waals surface area contributed by atoms with Crippen molar-refractivity contribution in [3.8, 4) is 5.75 Å². The summed E-state index contributed by atoms with van der Waals surface area (Å²) in [7, 11) is 0. The van der Waals surface area contributed by atoms with Gasteiger partial charge in [0.15, 0.2) is 6.61 Å². The van der Waals surface area contributed by atoms with E-state index in [0.29, 0.717) is 17.3 Å². The highest BCUT2D eigenvalue weighted by Gasteiger charge is 2.25. The Bertz CT molecular complexity index is 755. The molecule has 0 bridgehead atoms. The zero-order valence-corrected chi connectivity index (χ0v) is 14.1. The standard InChI is InChI=1S/C19H21N3O3/c1-13-5-2-3-8-16(13)25-12-18(23)22-17-10-9-15(11-20-17)21-19(24)14-6-4-7-14/h2-3,5,8-11,14H,4,6-7,12H2,1H3,(H,21,24)(H,20,22,23). The first kappa shape index (κ1) is 17.0. The van der Waals surface area contributed by atoms with E-state index in [9.17, 15) is 9.59 Å². The normalized spacial score (nSPS) is 13.6. The minimum Gasteiger partial charge on any atom is -0.483 e. The lowest BCUT2D eigenvalue weighted by Gasteiger charge is -2.23. The number of rotatable bonds is 6. The predicted octanol–water partition coefficient (Wildman–Crippen LogP) is 3.15. The quantitative estimate of drug-likeness (QED) is 0.847. The van der Waals surface area contributed by atoms with Crippen LogP contribution in [0.25, 0.3) is 0 Å². The molecule has 0 spiro atoms. The lowest BCUT2D eigenvalue weighted by atomic mass is 9.85. The second kappa shape index (κ2) is 7.79. The Morgan fingerprint density at radius 1 is 1.16 bits per heavy atom. The molecule has 1 aromatic carbocycles. The van der Waals surface area contributed by atoms with E-state index in [2.05, 4.69) is 15.6 Å². The third kappa shape index (κ3) is 4.56. The number of aryl methyl sites for hydroxylation is 1. The van der Waals surface area contributed by atoms with Crippen LogP contribution in [0.15, 0.2) is 42.6 Å². The van der Waals surface area contributed by atoms with Gasteiger partial charge < -0.3 is 15.4 Å². The molecule has 0 saturated heterocycles. The minimum absolute atomic E-state index is 0.0384. The van der Waals surface area contributed by atoms with Crippen LogP contribution in [0.5, 0.6) is 5.75 Å².